The molecule has 3 aromatic rings. The number of nitrogens with zero attached hydrogens (tertiary/aromatic N) is 1. The zero-order valence-electron chi connectivity index (χ0n) is 23.0. The second-order valence-corrected chi connectivity index (χ2v) is 11.3. The number of rotatable bonds is 9. The maximum Gasteiger partial charge on any atom is 0.416 e. The summed E-state index contributed by atoms with van der Waals surface area (Å²) in [6.07, 6.45) is 4.21. The van der Waals surface area contributed by atoms with Crippen molar-refractivity contribution in [1.29, 1.82) is 0 Å². The molecule has 41 heavy (non-hydrogen) atoms. The summed E-state index contributed by atoms with van der Waals surface area (Å²) in [5.74, 6) is 7.37. The SMILES string of the molecule is C#C[C@H](c1ccc(C(F)(F)F)cc1)[C@H](CC1([CH2])C#C1)C(=O)C1CCCN(Cc2ccc(-c3ccccc3)cc2)CC1. The van der Waals surface area contributed by atoms with Crippen LogP contribution in [-0.2, 0) is 17.5 Å². The molecule has 5 heteroatoms. The molecule has 1 unspecified atom stereocenters. The molecule has 3 aromatic carbocycles. The second kappa shape index (κ2) is 12.0. The van der Waals surface area contributed by atoms with Crippen LogP contribution in [0.4, 0.5) is 13.2 Å². The third-order valence-electron chi connectivity index (χ3n) is 8.28. The molecule has 1 saturated heterocycles. The van der Waals surface area contributed by atoms with Gasteiger partial charge < -0.3 is 0 Å². The Labute approximate surface area is 241 Å². The van der Waals surface area contributed by atoms with Gasteiger partial charge in [0.1, 0.15) is 5.78 Å². The average molecular weight is 553 g/mol. The fourth-order valence-electron chi connectivity index (χ4n) is 5.87. The molecule has 1 heterocycles. The van der Waals surface area contributed by atoms with Crippen molar-refractivity contribution in [2.45, 2.75) is 44.3 Å². The number of carbonyl (C=O) groups excluding carboxylic acids is 1. The van der Waals surface area contributed by atoms with Crippen LogP contribution in [0.1, 0.15) is 48.3 Å². The molecule has 0 spiro atoms. The summed E-state index contributed by atoms with van der Waals surface area (Å²) in [6, 6.07) is 23.8. The Bertz CT molecular complexity index is 1450. The molecule has 0 saturated carbocycles. The molecule has 5 rings (SSSR count). The molecule has 1 radical (unpaired) electrons. The molecule has 209 valence electrons. The Morgan fingerprint density at radius 2 is 1.63 bits per heavy atom. The first-order valence-electron chi connectivity index (χ1n) is 14.1. The van der Waals surface area contributed by atoms with Crippen molar-refractivity contribution in [3.63, 3.8) is 0 Å². The van der Waals surface area contributed by atoms with Gasteiger partial charge in [-0.2, -0.15) is 13.2 Å². The first-order valence-corrected chi connectivity index (χ1v) is 14.1. The Hall–Kier alpha value is -3.80. The van der Waals surface area contributed by atoms with E-state index in [0.717, 1.165) is 44.6 Å². The number of terminal acetylenes is 1. The zero-order valence-corrected chi connectivity index (χ0v) is 23.0. The summed E-state index contributed by atoms with van der Waals surface area (Å²) in [6.45, 7) is 6.61. The Kier molecular flexibility index (Phi) is 8.39. The second-order valence-electron chi connectivity index (χ2n) is 11.3. The van der Waals surface area contributed by atoms with Crippen LogP contribution in [0.25, 0.3) is 11.1 Å². The Morgan fingerprint density at radius 1 is 0.976 bits per heavy atom. The van der Waals surface area contributed by atoms with Gasteiger partial charge in [-0.3, -0.25) is 9.69 Å². The lowest BCUT2D eigenvalue weighted by atomic mass is 9.72. The van der Waals surface area contributed by atoms with E-state index in [1.54, 1.807) is 0 Å². The number of hydrogen-bond acceptors (Lipinski definition) is 2. The van der Waals surface area contributed by atoms with E-state index in [1.165, 1.54) is 28.8 Å². The molecule has 1 aliphatic heterocycles. The van der Waals surface area contributed by atoms with E-state index in [9.17, 15) is 18.0 Å². The van der Waals surface area contributed by atoms with Gasteiger partial charge in [-0.05, 0) is 80.1 Å². The maximum absolute atomic E-state index is 14.0. The minimum Gasteiger partial charge on any atom is -0.299 e. The third-order valence-corrected chi connectivity index (χ3v) is 8.28. The molecule has 0 aromatic heterocycles. The number of halogens is 3. The van der Waals surface area contributed by atoms with Gasteiger partial charge in [0.15, 0.2) is 0 Å². The van der Waals surface area contributed by atoms with E-state index in [0.29, 0.717) is 18.4 Å². The highest BCUT2D eigenvalue weighted by atomic mass is 19.4. The number of Topliss-reactive ketones (excluding diaryl/α,β-unsaturated/α-hetero) is 1. The van der Waals surface area contributed by atoms with Gasteiger partial charge in [-0.25, -0.2) is 0 Å². The van der Waals surface area contributed by atoms with Gasteiger partial charge in [0.25, 0.3) is 0 Å². The van der Waals surface area contributed by atoms with Crippen LogP contribution in [0.15, 0.2) is 78.9 Å². The van der Waals surface area contributed by atoms with E-state index in [1.807, 2.05) is 18.2 Å². The summed E-state index contributed by atoms with van der Waals surface area (Å²) < 4.78 is 39.4. The molecule has 1 aliphatic carbocycles. The van der Waals surface area contributed by atoms with Gasteiger partial charge >= 0.3 is 6.18 Å². The van der Waals surface area contributed by atoms with Crippen molar-refractivity contribution in [1.82, 2.24) is 4.90 Å². The summed E-state index contributed by atoms with van der Waals surface area (Å²) in [5.41, 5.74) is 2.74. The average Bonchev–Trinajstić information content (AvgIpc) is 3.75. The number of carbonyl (C=O) groups is 1. The van der Waals surface area contributed by atoms with Gasteiger partial charge in [0.2, 0.25) is 0 Å². The van der Waals surface area contributed by atoms with Crippen LogP contribution in [-0.4, -0.2) is 23.8 Å². The smallest absolute Gasteiger partial charge is 0.299 e. The summed E-state index contributed by atoms with van der Waals surface area (Å²) in [7, 11) is 0. The number of benzene rings is 3. The van der Waals surface area contributed by atoms with E-state index in [4.69, 9.17) is 6.42 Å². The number of ketones is 1. The predicted octanol–water partition coefficient (Wildman–Crippen LogP) is 7.80. The topological polar surface area (TPSA) is 20.3 Å². The van der Waals surface area contributed by atoms with Gasteiger partial charge in [-0.1, -0.05) is 84.5 Å². The molecule has 3 atom stereocenters. The summed E-state index contributed by atoms with van der Waals surface area (Å²) in [4.78, 5) is 16.4. The standard InChI is InChI=1S/C36H33F3NO/c1-3-32(29-15-17-31(18-16-29)36(37,38)39)33(24-35(2)20-21-35)34(41)30-10-7-22-40(23-19-30)25-26-11-13-28(14-12-26)27-8-5-4-6-9-27/h1,4-6,8-9,11-18,30,32-33H,2,7,10,19,22-25H2/t30?,32-,33+/m1/s1. The third kappa shape index (κ3) is 7.10. The first kappa shape index (κ1) is 28.7. The minimum absolute atomic E-state index is 0.0698. The van der Waals surface area contributed by atoms with E-state index < -0.39 is 29.0 Å². The first-order chi connectivity index (χ1) is 19.6. The van der Waals surface area contributed by atoms with Crippen molar-refractivity contribution >= 4 is 5.78 Å². The summed E-state index contributed by atoms with van der Waals surface area (Å²) >= 11 is 0. The molecular formula is C36H33F3NO. The lowest BCUT2D eigenvalue weighted by Crippen LogP contribution is -2.31. The Morgan fingerprint density at radius 3 is 2.24 bits per heavy atom. The number of likely N-dealkylation sites (tertiary alicyclic amines) is 1. The molecule has 0 bridgehead atoms. The van der Waals surface area contributed by atoms with Crippen LogP contribution >= 0.6 is 0 Å². The number of alkyl halides is 3. The van der Waals surface area contributed by atoms with Crippen LogP contribution < -0.4 is 0 Å². The van der Waals surface area contributed by atoms with Crippen molar-refractivity contribution in [3.8, 4) is 35.3 Å². The van der Waals surface area contributed by atoms with E-state index in [-0.39, 0.29) is 11.7 Å². The highest BCUT2D eigenvalue weighted by Gasteiger charge is 2.41. The maximum atomic E-state index is 14.0. The van der Waals surface area contributed by atoms with E-state index >= 15 is 0 Å². The zero-order chi connectivity index (χ0) is 29.0. The van der Waals surface area contributed by atoms with Gasteiger partial charge in [-0.15, -0.1) is 6.42 Å². The normalized spacial score (nSPS) is 19.6. The molecule has 2 nitrogen and oxygen atoms in total. The fraction of sp³-hybridized carbons (Fsp3) is 0.333. The molecule has 0 amide bonds. The van der Waals surface area contributed by atoms with Crippen molar-refractivity contribution in [3.05, 3.63) is 102 Å². The van der Waals surface area contributed by atoms with Crippen LogP contribution in [0.5, 0.6) is 0 Å². The predicted molar refractivity (Wildman–Crippen MR) is 156 cm³/mol. The van der Waals surface area contributed by atoms with Crippen molar-refractivity contribution in [2.75, 3.05) is 13.1 Å². The van der Waals surface area contributed by atoms with Gasteiger partial charge in [0, 0.05) is 18.4 Å². The molecule has 0 N–H and O–H groups in total. The minimum atomic E-state index is -4.44. The van der Waals surface area contributed by atoms with Crippen molar-refractivity contribution < 1.29 is 18.0 Å². The summed E-state index contributed by atoms with van der Waals surface area (Å²) in [5, 5.41) is 0. The quantitative estimate of drug-likeness (QED) is 0.253. The largest absolute Gasteiger partial charge is 0.416 e. The van der Waals surface area contributed by atoms with Crippen LogP contribution in [0.3, 0.4) is 0 Å². The highest BCUT2D eigenvalue weighted by molar-refractivity contribution is 5.85. The lowest BCUT2D eigenvalue weighted by Gasteiger charge is -2.28. The van der Waals surface area contributed by atoms with Gasteiger partial charge in [0.05, 0.1) is 16.9 Å². The fourth-order valence-corrected chi connectivity index (χ4v) is 5.87. The lowest BCUT2D eigenvalue weighted by molar-refractivity contribution is -0.137. The van der Waals surface area contributed by atoms with Crippen LogP contribution in [0.2, 0.25) is 0 Å². The number of hydrogen-bond donors (Lipinski definition) is 0. The monoisotopic (exact) mass is 552 g/mol. The molecule has 1 fully saturated rings. The Balaban J connectivity index is 1.26. The van der Waals surface area contributed by atoms with Crippen LogP contribution in [0, 0.1) is 48.4 Å². The molecule has 2 aliphatic rings. The molecular weight excluding hydrogens is 519 g/mol. The highest BCUT2D eigenvalue weighted by Crippen LogP contribution is 2.41. The van der Waals surface area contributed by atoms with Crippen molar-refractivity contribution in [2.24, 2.45) is 17.3 Å². The van der Waals surface area contributed by atoms with E-state index in [2.05, 4.69) is 66.0 Å².